The fourth-order valence-corrected chi connectivity index (χ4v) is 9.52. The van der Waals surface area contributed by atoms with Gasteiger partial charge in [0, 0.05) is 0 Å². The van der Waals surface area contributed by atoms with Crippen molar-refractivity contribution in [3.63, 3.8) is 0 Å². The Kier molecular flexibility index (Phi) is 2.02. The predicted molar refractivity (Wildman–Crippen MR) is 81.2 cm³/mol. The third-order valence-electron chi connectivity index (χ3n) is 9.68. The SMILES string of the molecule is C1CCC2(C1)CC1CC3CC4(CCCC4)C4CC2C1C34. The third kappa shape index (κ3) is 1.12. The Balaban J connectivity index is 1.42. The molecule has 0 aromatic carbocycles. The minimum absolute atomic E-state index is 0.879. The Morgan fingerprint density at radius 1 is 0.550 bits per heavy atom. The molecule has 0 heterocycles. The fourth-order valence-electron chi connectivity index (χ4n) is 9.52. The molecular formula is C20H30. The number of fused-ring (bicyclic) bond motifs is 2. The van der Waals surface area contributed by atoms with E-state index in [1.165, 1.54) is 35.5 Å². The molecule has 0 aliphatic heterocycles. The molecule has 6 atom stereocenters. The van der Waals surface area contributed by atoms with E-state index in [-0.39, 0.29) is 0 Å². The van der Waals surface area contributed by atoms with Crippen LogP contribution in [0.1, 0.15) is 77.0 Å². The van der Waals surface area contributed by atoms with Crippen molar-refractivity contribution in [2.45, 2.75) is 77.0 Å². The van der Waals surface area contributed by atoms with E-state index in [0.717, 1.165) is 10.8 Å². The van der Waals surface area contributed by atoms with Crippen LogP contribution in [0.2, 0.25) is 0 Å². The molecule has 0 N–H and O–H groups in total. The first-order valence-corrected chi connectivity index (χ1v) is 9.81. The highest BCUT2D eigenvalue weighted by molar-refractivity contribution is 5.20. The van der Waals surface area contributed by atoms with Gasteiger partial charge in [-0.3, -0.25) is 0 Å². The lowest BCUT2D eigenvalue weighted by Crippen LogP contribution is -2.27. The summed E-state index contributed by atoms with van der Waals surface area (Å²) in [6.45, 7) is 0. The molecule has 110 valence electrons. The lowest BCUT2D eigenvalue weighted by Gasteiger charge is -2.36. The van der Waals surface area contributed by atoms with E-state index in [1.54, 1.807) is 77.0 Å². The average Bonchev–Trinajstić information content (AvgIpc) is 3.19. The monoisotopic (exact) mass is 270 g/mol. The zero-order valence-corrected chi connectivity index (χ0v) is 12.9. The van der Waals surface area contributed by atoms with E-state index in [4.69, 9.17) is 0 Å². The molecule has 0 nitrogen and oxygen atoms in total. The molecule has 0 bridgehead atoms. The number of hydrogen-bond donors (Lipinski definition) is 0. The van der Waals surface area contributed by atoms with E-state index in [1.807, 2.05) is 0 Å². The Bertz CT molecular complexity index is 397. The first-order chi connectivity index (χ1) is 9.81. The van der Waals surface area contributed by atoms with Crippen LogP contribution in [0.15, 0.2) is 0 Å². The molecule has 6 rings (SSSR count). The summed E-state index contributed by atoms with van der Waals surface area (Å²) in [5.74, 6) is 7.24. The summed E-state index contributed by atoms with van der Waals surface area (Å²) in [6, 6.07) is 0. The molecule has 6 saturated carbocycles. The lowest BCUT2D eigenvalue weighted by molar-refractivity contribution is 0.137. The van der Waals surface area contributed by atoms with Gasteiger partial charge in [0.15, 0.2) is 0 Å². The fraction of sp³-hybridized carbons (Fsp3) is 1.00. The summed E-state index contributed by atoms with van der Waals surface area (Å²) >= 11 is 0. The standard InChI is InChI=1S/C20H30/c1-2-6-19(5-1)11-13-9-14-12-20(7-3-4-8-20)16-10-15(19)17(13)18(14)16/h13-18H,1-12H2. The summed E-state index contributed by atoms with van der Waals surface area (Å²) in [5.41, 5.74) is 1.76. The second kappa shape index (κ2) is 3.49. The van der Waals surface area contributed by atoms with Crippen LogP contribution in [0.3, 0.4) is 0 Å². The summed E-state index contributed by atoms with van der Waals surface area (Å²) < 4.78 is 0. The molecular weight excluding hydrogens is 240 g/mol. The smallest absolute Gasteiger partial charge is 0.0263 e. The Labute approximate surface area is 124 Å². The number of rotatable bonds is 0. The zero-order valence-electron chi connectivity index (χ0n) is 12.9. The maximum atomic E-state index is 1.70. The van der Waals surface area contributed by atoms with Crippen molar-refractivity contribution >= 4 is 0 Å². The van der Waals surface area contributed by atoms with Gasteiger partial charge < -0.3 is 0 Å². The van der Waals surface area contributed by atoms with E-state index in [9.17, 15) is 0 Å². The van der Waals surface area contributed by atoms with Gasteiger partial charge in [-0.15, -0.1) is 0 Å². The minimum Gasteiger partial charge on any atom is -0.0527 e. The van der Waals surface area contributed by atoms with Gasteiger partial charge in [-0.1, -0.05) is 25.7 Å². The predicted octanol–water partition coefficient (Wildman–Crippen LogP) is 5.42. The molecule has 6 aliphatic carbocycles. The molecule has 6 unspecified atom stereocenters. The van der Waals surface area contributed by atoms with Crippen molar-refractivity contribution < 1.29 is 0 Å². The van der Waals surface area contributed by atoms with Gasteiger partial charge in [-0.05, 0) is 97.7 Å². The van der Waals surface area contributed by atoms with Crippen molar-refractivity contribution in [2.24, 2.45) is 46.3 Å². The van der Waals surface area contributed by atoms with Crippen molar-refractivity contribution in [3.05, 3.63) is 0 Å². The van der Waals surface area contributed by atoms with Crippen LogP contribution in [0, 0.1) is 46.3 Å². The van der Waals surface area contributed by atoms with Crippen LogP contribution in [0.4, 0.5) is 0 Å². The molecule has 0 radical (unpaired) electrons. The van der Waals surface area contributed by atoms with Crippen LogP contribution < -0.4 is 0 Å². The van der Waals surface area contributed by atoms with Gasteiger partial charge in [0.2, 0.25) is 0 Å². The zero-order chi connectivity index (χ0) is 12.9. The Morgan fingerprint density at radius 2 is 1.00 bits per heavy atom. The maximum Gasteiger partial charge on any atom is -0.0263 e. The van der Waals surface area contributed by atoms with Gasteiger partial charge in [-0.25, -0.2) is 0 Å². The average molecular weight is 270 g/mol. The second-order valence-electron chi connectivity index (χ2n) is 9.91. The molecule has 6 aliphatic rings. The van der Waals surface area contributed by atoms with E-state index in [2.05, 4.69) is 0 Å². The highest BCUT2D eigenvalue weighted by atomic mass is 14.8. The number of hydrogen-bond acceptors (Lipinski definition) is 0. The van der Waals surface area contributed by atoms with E-state index in [0.29, 0.717) is 0 Å². The summed E-state index contributed by atoms with van der Waals surface area (Å²) in [6.07, 6.45) is 19.5. The van der Waals surface area contributed by atoms with Crippen LogP contribution in [-0.4, -0.2) is 0 Å². The van der Waals surface area contributed by atoms with Crippen LogP contribution in [0.5, 0.6) is 0 Å². The maximum absolute atomic E-state index is 1.70. The van der Waals surface area contributed by atoms with Crippen LogP contribution in [-0.2, 0) is 0 Å². The highest BCUT2D eigenvalue weighted by Crippen LogP contribution is 2.78. The van der Waals surface area contributed by atoms with Gasteiger partial charge in [0.1, 0.15) is 0 Å². The molecule has 6 fully saturated rings. The Morgan fingerprint density at radius 3 is 1.45 bits per heavy atom. The first kappa shape index (κ1) is 11.6. The lowest BCUT2D eigenvalue weighted by atomic mass is 9.69. The van der Waals surface area contributed by atoms with Crippen molar-refractivity contribution in [2.75, 3.05) is 0 Å². The van der Waals surface area contributed by atoms with Gasteiger partial charge >= 0.3 is 0 Å². The molecule has 0 saturated heterocycles. The molecule has 0 heteroatoms. The quantitative estimate of drug-likeness (QED) is 0.551. The Hall–Kier alpha value is 0. The largest absolute Gasteiger partial charge is 0.0527 e. The van der Waals surface area contributed by atoms with Crippen molar-refractivity contribution in [3.8, 4) is 0 Å². The van der Waals surface area contributed by atoms with E-state index < -0.39 is 0 Å². The topological polar surface area (TPSA) is 0 Å². The second-order valence-corrected chi connectivity index (χ2v) is 9.91. The molecule has 20 heavy (non-hydrogen) atoms. The minimum atomic E-state index is 0.879. The van der Waals surface area contributed by atoms with Crippen LogP contribution in [0.25, 0.3) is 0 Å². The summed E-state index contributed by atoms with van der Waals surface area (Å²) in [5, 5.41) is 0. The van der Waals surface area contributed by atoms with Gasteiger partial charge in [-0.2, -0.15) is 0 Å². The first-order valence-electron chi connectivity index (χ1n) is 9.81. The summed E-state index contributed by atoms with van der Waals surface area (Å²) in [4.78, 5) is 0. The summed E-state index contributed by atoms with van der Waals surface area (Å²) in [7, 11) is 0. The normalized spacial score (nSPS) is 56.4. The molecule has 2 spiro atoms. The third-order valence-corrected chi connectivity index (χ3v) is 9.68. The van der Waals surface area contributed by atoms with Gasteiger partial charge in [0.05, 0.1) is 0 Å². The van der Waals surface area contributed by atoms with Crippen molar-refractivity contribution in [1.29, 1.82) is 0 Å². The molecule has 0 aromatic heterocycles. The highest BCUT2D eigenvalue weighted by Gasteiger charge is 2.71. The molecule has 0 aromatic rings. The van der Waals surface area contributed by atoms with Crippen LogP contribution >= 0.6 is 0 Å². The van der Waals surface area contributed by atoms with Crippen molar-refractivity contribution in [1.82, 2.24) is 0 Å². The molecule has 0 amide bonds. The van der Waals surface area contributed by atoms with Gasteiger partial charge in [0.25, 0.3) is 0 Å². The van der Waals surface area contributed by atoms with E-state index >= 15 is 0 Å².